The van der Waals surface area contributed by atoms with Crippen molar-refractivity contribution in [2.75, 3.05) is 16.8 Å². The van der Waals surface area contributed by atoms with Crippen molar-refractivity contribution in [3.8, 4) is 0 Å². The molecule has 1 aliphatic rings. The largest absolute Gasteiger partial charge is 0.478 e. The van der Waals surface area contributed by atoms with Crippen LogP contribution in [-0.2, 0) is 9.59 Å². The van der Waals surface area contributed by atoms with Gasteiger partial charge in [0.25, 0.3) is 0 Å². The molecule has 0 aromatic heterocycles. The van der Waals surface area contributed by atoms with Crippen molar-refractivity contribution < 1.29 is 23.9 Å². The molecule has 0 radical (unpaired) electrons. The number of benzene rings is 2. The average molecular weight is 342 g/mol. The zero-order valence-corrected chi connectivity index (χ0v) is 13.1. The van der Waals surface area contributed by atoms with E-state index in [-0.39, 0.29) is 30.3 Å². The lowest BCUT2D eigenvalue weighted by Crippen LogP contribution is -2.28. The van der Waals surface area contributed by atoms with Crippen LogP contribution in [0, 0.1) is 11.7 Å². The van der Waals surface area contributed by atoms with Crippen molar-refractivity contribution in [1.82, 2.24) is 0 Å². The van der Waals surface area contributed by atoms with Gasteiger partial charge in [0.05, 0.1) is 11.5 Å². The van der Waals surface area contributed by atoms with Crippen LogP contribution in [-0.4, -0.2) is 29.4 Å². The predicted octanol–water partition coefficient (Wildman–Crippen LogP) is 2.52. The fourth-order valence-electron chi connectivity index (χ4n) is 2.69. The molecule has 0 unspecified atom stereocenters. The lowest BCUT2D eigenvalue weighted by Gasteiger charge is -2.17. The van der Waals surface area contributed by atoms with Gasteiger partial charge >= 0.3 is 5.97 Å². The second-order valence-electron chi connectivity index (χ2n) is 5.75. The summed E-state index contributed by atoms with van der Waals surface area (Å²) < 4.78 is 12.9. The number of nitrogens with zero attached hydrogens (tertiary/aromatic N) is 1. The predicted molar refractivity (Wildman–Crippen MR) is 88.9 cm³/mol. The van der Waals surface area contributed by atoms with Gasteiger partial charge in [0, 0.05) is 24.3 Å². The SMILES string of the molecule is O=C(O)c1ccc(N2C[C@H](C(=O)Nc3ccc(F)cc3)CC2=O)cc1. The second-order valence-corrected chi connectivity index (χ2v) is 5.75. The number of nitrogens with one attached hydrogen (secondary N) is 1. The molecule has 1 saturated heterocycles. The van der Waals surface area contributed by atoms with Crippen molar-refractivity contribution in [3.63, 3.8) is 0 Å². The van der Waals surface area contributed by atoms with E-state index in [0.717, 1.165) is 0 Å². The van der Waals surface area contributed by atoms with Gasteiger partial charge in [-0.3, -0.25) is 9.59 Å². The third-order valence-corrected chi connectivity index (χ3v) is 4.03. The first-order chi connectivity index (χ1) is 11.9. The molecule has 6 nitrogen and oxygen atoms in total. The van der Waals surface area contributed by atoms with Gasteiger partial charge in [-0.05, 0) is 48.5 Å². The third-order valence-electron chi connectivity index (χ3n) is 4.03. The molecule has 1 atom stereocenters. The van der Waals surface area contributed by atoms with E-state index in [1.165, 1.54) is 41.3 Å². The summed E-state index contributed by atoms with van der Waals surface area (Å²) in [4.78, 5) is 36.8. The van der Waals surface area contributed by atoms with Crippen LogP contribution in [0.4, 0.5) is 15.8 Å². The lowest BCUT2D eigenvalue weighted by atomic mass is 10.1. The fraction of sp³-hybridized carbons (Fsp3) is 0.167. The highest BCUT2D eigenvalue weighted by atomic mass is 19.1. The molecule has 7 heteroatoms. The van der Waals surface area contributed by atoms with E-state index in [4.69, 9.17) is 5.11 Å². The van der Waals surface area contributed by atoms with Crippen LogP contribution in [0.2, 0.25) is 0 Å². The summed E-state index contributed by atoms with van der Waals surface area (Å²) >= 11 is 0. The highest BCUT2D eigenvalue weighted by molar-refractivity contribution is 6.03. The van der Waals surface area contributed by atoms with Crippen LogP contribution in [0.25, 0.3) is 0 Å². The molecule has 25 heavy (non-hydrogen) atoms. The molecule has 1 fully saturated rings. The Morgan fingerprint density at radius 3 is 2.32 bits per heavy atom. The number of amides is 2. The van der Waals surface area contributed by atoms with E-state index < -0.39 is 17.7 Å². The summed E-state index contributed by atoms with van der Waals surface area (Å²) in [5.74, 6) is -2.50. The standard InChI is InChI=1S/C18H15FN2O4/c19-13-3-5-14(6-4-13)20-17(23)12-9-16(22)21(10-12)15-7-1-11(2-8-15)18(24)25/h1-8,12H,9-10H2,(H,20,23)(H,24,25)/t12-/m1/s1. The van der Waals surface area contributed by atoms with Crippen molar-refractivity contribution >= 4 is 29.2 Å². The maximum Gasteiger partial charge on any atom is 0.335 e. The van der Waals surface area contributed by atoms with E-state index >= 15 is 0 Å². The molecule has 1 heterocycles. The number of carbonyl (C=O) groups is 3. The normalized spacial score (nSPS) is 16.8. The molecular weight excluding hydrogens is 327 g/mol. The molecule has 1 aliphatic heterocycles. The Morgan fingerprint density at radius 1 is 1.08 bits per heavy atom. The molecule has 0 saturated carbocycles. The first-order valence-corrected chi connectivity index (χ1v) is 7.64. The molecule has 3 rings (SSSR count). The van der Waals surface area contributed by atoms with Crippen molar-refractivity contribution in [3.05, 3.63) is 59.9 Å². The van der Waals surface area contributed by atoms with Crippen molar-refractivity contribution in [1.29, 1.82) is 0 Å². The topological polar surface area (TPSA) is 86.7 Å². The Kier molecular flexibility index (Phi) is 4.47. The minimum Gasteiger partial charge on any atom is -0.478 e. The molecule has 2 N–H and O–H groups in total. The highest BCUT2D eigenvalue weighted by Crippen LogP contribution is 2.26. The Bertz CT molecular complexity index is 818. The maximum absolute atomic E-state index is 12.9. The molecule has 0 spiro atoms. The Labute approximate surface area is 142 Å². The zero-order valence-electron chi connectivity index (χ0n) is 13.1. The Morgan fingerprint density at radius 2 is 1.72 bits per heavy atom. The van der Waals surface area contributed by atoms with Gasteiger partial charge in [-0.1, -0.05) is 0 Å². The minimum atomic E-state index is -1.05. The third kappa shape index (κ3) is 3.65. The summed E-state index contributed by atoms with van der Waals surface area (Å²) in [6.45, 7) is 0.207. The summed E-state index contributed by atoms with van der Waals surface area (Å²) in [5, 5.41) is 11.6. The van der Waals surface area contributed by atoms with Crippen molar-refractivity contribution in [2.45, 2.75) is 6.42 Å². The van der Waals surface area contributed by atoms with Crippen molar-refractivity contribution in [2.24, 2.45) is 5.92 Å². The van der Waals surface area contributed by atoms with Crippen LogP contribution in [0.3, 0.4) is 0 Å². The van der Waals surface area contributed by atoms with Gasteiger partial charge < -0.3 is 15.3 Å². The van der Waals surface area contributed by atoms with Gasteiger partial charge in [0.1, 0.15) is 5.82 Å². The monoisotopic (exact) mass is 342 g/mol. The molecule has 2 aromatic carbocycles. The zero-order chi connectivity index (χ0) is 18.0. The number of carboxylic acids is 1. The number of rotatable bonds is 4. The molecule has 2 aromatic rings. The summed E-state index contributed by atoms with van der Waals surface area (Å²) in [5.41, 5.74) is 1.14. The molecule has 0 bridgehead atoms. The number of halogens is 1. The lowest BCUT2D eigenvalue weighted by molar-refractivity contribution is -0.122. The summed E-state index contributed by atoms with van der Waals surface area (Å²) in [6.07, 6.45) is 0.0632. The molecule has 128 valence electrons. The first kappa shape index (κ1) is 16.6. The Balaban J connectivity index is 1.68. The first-order valence-electron chi connectivity index (χ1n) is 7.64. The Hall–Kier alpha value is -3.22. The van der Waals surface area contributed by atoms with Crippen LogP contribution < -0.4 is 10.2 Å². The van der Waals surface area contributed by atoms with Gasteiger partial charge in [-0.15, -0.1) is 0 Å². The molecule has 0 aliphatic carbocycles. The van der Waals surface area contributed by atoms with Crippen LogP contribution in [0.1, 0.15) is 16.8 Å². The number of hydrogen-bond donors (Lipinski definition) is 2. The molecular formula is C18H15FN2O4. The van der Waals surface area contributed by atoms with Crippen LogP contribution in [0.5, 0.6) is 0 Å². The van der Waals surface area contributed by atoms with Gasteiger partial charge in [-0.2, -0.15) is 0 Å². The van der Waals surface area contributed by atoms with Gasteiger partial charge in [-0.25, -0.2) is 9.18 Å². The fourth-order valence-corrected chi connectivity index (χ4v) is 2.69. The average Bonchev–Trinajstić information content (AvgIpc) is 2.99. The summed E-state index contributed by atoms with van der Waals surface area (Å²) in [6, 6.07) is 11.3. The summed E-state index contributed by atoms with van der Waals surface area (Å²) in [7, 11) is 0. The smallest absolute Gasteiger partial charge is 0.335 e. The minimum absolute atomic E-state index is 0.0632. The van der Waals surface area contributed by atoms with E-state index in [2.05, 4.69) is 5.32 Å². The number of carboxylic acid groups (broad SMARTS) is 1. The number of aromatic carboxylic acids is 1. The quantitative estimate of drug-likeness (QED) is 0.894. The van der Waals surface area contributed by atoms with E-state index in [1.807, 2.05) is 0 Å². The highest BCUT2D eigenvalue weighted by Gasteiger charge is 2.35. The second kappa shape index (κ2) is 6.72. The number of carbonyl (C=O) groups excluding carboxylic acids is 2. The molecule has 2 amide bonds. The van der Waals surface area contributed by atoms with E-state index in [0.29, 0.717) is 11.4 Å². The van der Waals surface area contributed by atoms with Crippen LogP contribution >= 0.6 is 0 Å². The van der Waals surface area contributed by atoms with Gasteiger partial charge in [0.2, 0.25) is 11.8 Å². The number of anilines is 2. The van der Waals surface area contributed by atoms with E-state index in [1.54, 1.807) is 12.1 Å². The van der Waals surface area contributed by atoms with E-state index in [9.17, 15) is 18.8 Å². The van der Waals surface area contributed by atoms with Crippen LogP contribution in [0.15, 0.2) is 48.5 Å². The van der Waals surface area contributed by atoms with Gasteiger partial charge in [0.15, 0.2) is 0 Å². The maximum atomic E-state index is 12.9. The number of hydrogen-bond acceptors (Lipinski definition) is 3.